The van der Waals surface area contributed by atoms with E-state index in [4.69, 9.17) is 23.8 Å². The molecule has 0 bridgehead atoms. The maximum absolute atomic E-state index is 6.18. The lowest BCUT2D eigenvalue weighted by Gasteiger charge is -2.33. The van der Waals surface area contributed by atoms with Crippen LogP contribution in [0.3, 0.4) is 0 Å². The highest BCUT2D eigenvalue weighted by Crippen LogP contribution is 2.25. The van der Waals surface area contributed by atoms with E-state index in [0.717, 1.165) is 64.8 Å². The minimum Gasteiger partial charge on any atom is -0.330 e. The van der Waals surface area contributed by atoms with Crippen molar-refractivity contribution in [3.05, 3.63) is 32.7 Å². The molecule has 8 heteroatoms. The van der Waals surface area contributed by atoms with Crippen LogP contribution in [0.4, 0.5) is 10.8 Å². The van der Waals surface area contributed by atoms with Gasteiger partial charge in [0.25, 0.3) is 0 Å². The van der Waals surface area contributed by atoms with Crippen molar-refractivity contribution in [1.82, 2.24) is 19.6 Å². The first-order valence-corrected chi connectivity index (χ1v) is 9.71. The van der Waals surface area contributed by atoms with Gasteiger partial charge in [-0.25, -0.2) is 4.68 Å². The molecule has 1 saturated heterocycles. The van der Waals surface area contributed by atoms with Crippen molar-refractivity contribution in [3.8, 4) is 0 Å². The predicted molar refractivity (Wildman–Crippen MR) is 104 cm³/mol. The molecule has 0 amide bonds. The van der Waals surface area contributed by atoms with Gasteiger partial charge >= 0.3 is 0 Å². The summed E-state index contributed by atoms with van der Waals surface area (Å²) < 4.78 is 2.69. The molecular formula is C16H22ClN5S2. The Labute approximate surface area is 156 Å². The summed E-state index contributed by atoms with van der Waals surface area (Å²) in [5.74, 6) is 0. The number of hydrogen-bond donors (Lipinski definition) is 1. The number of anilines is 2. The van der Waals surface area contributed by atoms with Gasteiger partial charge in [0.1, 0.15) is 0 Å². The Morgan fingerprint density at radius 2 is 1.96 bits per heavy atom. The smallest absolute Gasteiger partial charge is 0.209 e. The molecule has 0 saturated carbocycles. The van der Waals surface area contributed by atoms with Crippen LogP contribution in [0.5, 0.6) is 0 Å². The van der Waals surface area contributed by atoms with Crippen LogP contribution in [-0.4, -0.2) is 52.3 Å². The molecule has 2 heterocycles. The number of aromatic nitrogens is 2. The number of rotatable bonds is 5. The average molecular weight is 384 g/mol. The minimum absolute atomic E-state index is 0.747. The molecule has 0 spiro atoms. The van der Waals surface area contributed by atoms with Crippen molar-refractivity contribution in [2.24, 2.45) is 0 Å². The molecule has 0 unspecified atom stereocenters. The molecule has 1 aliphatic rings. The van der Waals surface area contributed by atoms with Gasteiger partial charge in [-0.05, 0) is 43.4 Å². The van der Waals surface area contributed by atoms with E-state index in [2.05, 4.69) is 27.1 Å². The Hall–Kier alpha value is -0.990. The lowest BCUT2D eigenvalue weighted by Crippen LogP contribution is -2.46. The van der Waals surface area contributed by atoms with Gasteiger partial charge in [-0.1, -0.05) is 35.9 Å². The maximum atomic E-state index is 6.18. The summed E-state index contributed by atoms with van der Waals surface area (Å²) in [5.41, 5.74) is 1.99. The lowest BCUT2D eigenvalue weighted by atomic mass is 10.2. The minimum atomic E-state index is 0.747. The summed E-state index contributed by atoms with van der Waals surface area (Å²) in [4.78, 5) is 4.86. The molecule has 1 N–H and O–H groups in total. The van der Waals surface area contributed by atoms with E-state index in [9.17, 15) is 0 Å². The highest BCUT2D eigenvalue weighted by atomic mass is 35.5. The summed E-state index contributed by atoms with van der Waals surface area (Å²) in [5, 5.41) is 9.45. The van der Waals surface area contributed by atoms with Crippen molar-refractivity contribution in [2.75, 3.05) is 38.0 Å². The van der Waals surface area contributed by atoms with Crippen molar-refractivity contribution in [2.45, 2.75) is 20.5 Å². The third kappa shape index (κ3) is 4.34. The standard InChI is InChI=1S/C16H22ClN5S2/c1-3-20-6-8-21(9-7-20)11-22-16(23)24-15(19-22)18-13-5-4-12(2)14(17)10-13/h4-5,10H,3,6-9,11H2,1-2H3,(H,18,19). The van der Waals surface area contributed by atoms with E-state index in [1.165, 1.54) is 11.3 Å². The van der Waals surface area contributed by atoms with Gasteiger partial charge in [-0.3, -0.25) is 4.90 Å². The zero-order chi connectivity index (χ0) is 17.1. The number of halogens is 1. The molecule has 0 atom stereocenters. The van der Waals surface area contributed by atoms with Gasteiger partial charge in [0.2, 0.25) is 5.13 Å². The predicted octanol–water partition coefficient (Wildman–Crippen LogP) is 3.97. The fourth-order valence-electron chi connectivity index (χ4n) is 2.68. The SMILES string of the molecule is CCN1CCN(Cn2nc(Nc3ccc(C)c(Cl)c3)sc2=S)CC1. The number of benzene rings is 1. The topological polar surface area (TPSA) is 36.3 Å². The average Bonchev–Trinajstić information content (AvgIpc) is 2.91. The zero-order valence-electron chi connectivity index (χ0n) is 14.0. The Kier molecular flexibility index (Phi) is 5.89. The molecule has 5 nitrogen and oxygen atoms in total. The second-order valence-electron chi connectivity index (χ2n) is 5.96. The number of nitrogens with one attached hydrogen (secondary N) is 1. The van der Waals surface area contributed by atoms with Gasteiger partial charge in [0.15, 0.2) is 3.95 Å². The second-order valence-corrected chi connectivity index (χ2v) is 7.99. The first-order valence-electron chi connectivity index (χ1n) is 8.11. The molecule has 1 aromatic carbocycles. The maximum Gasteiger partial charge on any atom is 0.209 e. The lowest BCUT2D eigenvalue weighted by molar-refractivity contribution is 0.107. The number of aryl methyl sites for hydroxylation is 1. The summed E-state index contributed by atoms with van der Waals surface area (Å²) in [7, 11) is 0. The Morgan fingerprint density at radius 1 is 1.25 bits per heavy atom. The number of likely N-dealkylation sites (N-methyl/N-ethyl adjacent to an activating group) is 1. The van der Waals surface area contributed by atoms with Crippen LogP contribution in [0.15, 0.2) is 18.2 Å². The van der Waals surface area contributed by atoms with Gasteiger partial charge in [0.05, 0.1) is 6.67 Å². The van der Waals surface area contributed by atoms with Crippen molar-refractivity contribution in [3.63, 3.8) is 0 Å². The molecule has 0 aliphatic carbocycles. The van der Waals surface area contributed by atoms with Gasteiger partial charge in [0, 0.05) is 36.9 Å². The van der Waals surface area contributed by atoms with Crippen LogP contribution in [0.25, 0.3) is 0 Å². The summed E-state index contributed by atoms with van der Waals surface area (Å²) >= 11 is 13.1. The molecule has 0 radical (unpaired) electrons. The Bertz CT molecular complexity index is 749. The normalized spacial score (nSPS) is 16.5. The summed E-state index contributed by atoms with van der Waals surface area (Å²) in [6.07, 6.45) is 0. The van der Waals surface area contributed by atoms with Crippen molar-refractivity contribution >= 4 is 46.0 Å². The second kappa shape index (κ2) is 7.93. The van der Waals surface area contributed by atoms with Gasteiger partial charge in [-0.2, -0.15) is 0 Å². The van der Waals surface area contributed by atoms with Crippen molar-refractivity contribution < 1.29 is 0 Å². The van der Waals surface area contributed by atoms with Crippen LogP contribution in [0, 0.1) is 10.9 Å². The van der Waals surface area contributed by atoms with E-state index < -0.39 is 0 Å². The monoisotopic (exact) mass is 383 g/mol. The molecule has 130 valence electrons. The van der Waals surface area contributed by atoms with Crippen LogP contribution in [0.2, 0.25) is 5.02 Å². The zero-order valence-corrected chi connectivity index (χ0v) is 16.3. The number of nitrogens with zero attached hydrogens (tertiary/aromatic N) is 4. The molecule has 1 fully saturated rings. The first kappa shape index (κ1) is 17.8. The van der Waals surface area contributed by atoms with Gasteiger partial charge in [-0.15, -0.1) is 5.10 Å². The number of hydrogen-bond acceptors (Lipinski definition) is 6. The molecule has 3 rings (SSSR count). The molecule has 2 aromatic rings. The van der Waals surface area contributed by atoms with Crippen LogP contribution in [0.1, 0.15) is 12.5 Å². The van der Waals surface area contributed by atoms with Crippen LogP contribution >= 0.6 is 35.2 Å². The van der Waals surface area contributed by atoms with E-state index in [-0.39, 0.29) is 0 Å². The Morgan fingerprint density at radius 3 is 2.62 bits per heavy atom. The molecule has 24 heavy (non-hydrogen) atoms. The largest absolute Gasteiger partial charge is 0.330 e. The Balaban J connectivity index is 1.64. The molecular weight excluding hydrogens is 362 g/mol. The fourth-order valence-corrected chi connectivity index (χ4v) is 3.87. The van der Waals surface area contributed by atoms with Crippen LogP contribution < -0.4 is 5.32 Å². The van der Waals surface area contributed by atoms with Crippen molar-refractivity contribution in [1.29, 1.82) is 0 Å². The summed E-state index contributed by atoms with van der Waals surface area (Å²) in [6, 6.07) is 5.91. The highest BCUT2D eigenvalue weighted by molar-refractivity contribution is 7.73. The summed E-state index contributed by atoms with van der Waals surface area (Å²) in [6.45, 7) is 10.4. The quantitative estimate of drug-likeness (QED) is 0.790. The molecule has 1 aliphatic heterocycles. The molecule has 1 aromatic heterocycles. The van der Waals surface area contributed by atoms with E-state index in [1.807, 2.05) is 29.8 Å². The van der Waals surface area contributed by atoms with E-state index >= 15 is 0 Å². The van der Waals surface area contributed by atoms with Gasteiger partial charge < -0.3 is 10.2 Å². The first-order chi connectivity index (χ1) is 11.5. The van der Waals surface area contributed by atoms with Crippen LogP contribution in [-0.2, 0) is 6.67 Å². The van der Waals surface area contributed by atoms with E-state index in [1.54, 1.807) is 0 Å². The third-order valence-electron chi connectivity index (χ3n) is 4.28. The van der Waals surface area contributed by atoms with E-state index in [0.29, 0.717) is 0 Å². The third-order valence-corrected chi connectivity index (χ3v) is 5.91. The highest BCUT2D eigenvalue weighted by Gasteiger charge is 2.16. The fraction of sp³-hybridized carbons (Fsp3) is 0.500. The number of piperazine rings is 1.